The van der Waals surface area contributed by atoms with Crippen LogP contribution in [0.5, 0.6) is 0 Å². The highest BCUT2D eigenvalue weighted by Gasteiger charge is 2.09. The molecule has 1 N–H and O–H groups in total. The molecule has 0 radical (unpaired) electrons. The van der Waals surface area contributed by atoms with E-state index in [1.165, 1.54) is 18.3 Å². The van der Waals surface area contributed by atoms with Crippen LogP contribution in [-0.4, -0.2) is 17.1 Å². The van der Waals surface area contributed by atoms with Gasteiger partial charge in [0.2, 0.25) is 0 Å². The minimum absolute atomic E-state index is 0.161. The summed E-state index contributed by atoms with van der Waals surface area (Å²) in [6, 6.07) is 7.87. The smallest absolute Gasteiger partial charge is 0.133 e. The number of benzene rings is 1. The highest BCUT2D eigenvalue weighted by Crippen LogP contribution is 2.25. The molecule has 3 nitrogen and oxygen atoms in total. The minimum Gasteiger partial charge on any atom is -0.392 e. The van der Waals surface area contributed by atoms with E-state index in [0.29, 0.717) is 22.1 Å². The molecule has 0 atom stereocenters. The molecule has 0 aliphatic heterocycles. The second-order valence-corrected chi connectivity index (χ2v) is 4.24. The number of halogens is 2. The van der Waals surface area contributed by atoms with Gasteiger partial charge in [0.05, 0.1) is 11.6 Å². The minimum atomic E-state index is -0.310. The summed E-state index contributed by atoms with van der Waals surface area (Å²) in [4.78, 5) is 5.87. The van der Waals surface area contributed by atoms with Crippen LogP contribution in [0.15, 0.2) is 36.5 Å². The van der Waals surface area contributed by atoms with Gasteiger partial charge in [0.15, 0.2) is 0 Å². The van der Waals surface area contributed by atoms with E-state index in [1.54, 1.807) is 30.1 Å². The van der Waals surface area contributed by atoms with Crippen molar-refractivity contribution in [1.82, 2.24) is 4.98 Å². The predicted molar refractivity (Wildman–Crippen MR) is 69.6 cm³/mol. The van der Waals surface area contributed by atoms with Gasteiger partial charge in [0.1, 0.15) is 11.6 Å². The largest absolute Gasteiger partial charge is 0.392 e. The Morgan fingerprint density at radius 2 is 2.17 bits per heavy atom. The van der Waals surface area contributed by atoms with E-state index in [4.69, 9.17) is 16.7 Å². The molecule has 5 heteroatoms. The molecule has 1 aromatic heterocycles. The van der Waals surface area contributed by atoms with Crippen molar-refractivity contribution < 1.29 is 9.50 Å². The number of hydrogen-bond acceptors (Lipinski definition) is 3. The second-order valence-electron chi connectivity index (χ2n) is 3.83. The van der Waals surface area contributed by atoms with Crippen LogP contribution in [-0.2, 0) is 6.61 Å². The normalized spacial score (nSPS) is 10.4. The van der Waals surface area contributed by atoms with Crippen LogP contribution in [0, 0.1) is 5.82 Å². The monoisotopic (exact) mass is 266 g/mol. The molecule has 1 heterocycles. The molecule has 0 aliphatic carbocycles. The SMILES string of the molecule is CN(c1cccc(F)c1)c1cc(CO)c(Cl)cn1. The van der Waals surface area contributed by atoms with Crippen molar-refractivity contribution >= 4 is 23.1 Å². The van der Waals surface area contributed by atoms with Crippen molar-refractivity contribution in [3.8, 4) is 0 Å². The average Bonchev–Trinajstić information content (AvgIpc) is 2.38. The Labute approximate surface area is 109 Å². The molecule has 0 bridgehead atoms. The molecule has 0 saturated heterocycles. The zero-order valence-corrected chi connectivity index (χ0v) is 10.5. The lowest BCUT2D eigenvalue weighted by Gasteiger charge is -2.19. The van der Waals surface area contributed by atoms with Crippen LogP contribution in [0.1, 0.15) is 5.56 Å². The highest BCUT2D eigenvalue weighted by atomic mass is 35.5. The topological polar surface area (TPSA) is 36.4 Å². The van der Waals surface area contributed by atoms with Gasteiger partial charge in [-0.15, -0.1) is 0 Å². The third-order valence-electron chi connectivity index (χ3n) is 2.63. The van der Waals surface area contributed by atoms with Crippen molar-refractivity contribution in [2.24, 2.45) is 0 Å². The summed E-state index contributed by atoms with van der Waals surface area (Å²) in [5.74, 6) is 0.282. The van der Waals surface area contributed by atoms with Gasteiger partial charge in [-0.2, -0.15) is 0 Å². The number of aliphatic hydroxyl groups excluding tert-OH is 1. The Morgan fingerprint density at radius 3 is 2.83 bits per heavy atom. The fourth-order valence-corrected chi connectivity index (χ4v) is 1.75. The van der Waals surface area contributed by atoms with E-state index < -0.39 is 0 Å². The summed E-state index contributed by atoms with van der Waals surface area (Å²) in [5.41, 5.74) is 1.26. The molecular weight excluding hydrogens is 255 g/mol. The number of aromatic nitrogens is 1. The molecule has 0 spiro atoms. The van der Waals surface area contributed by atoms with Crippen LogP contribution in [0.2, 0.25) is 5.02 Å². The zero-order valence-electron chi connectivity index (χ0n) is 9.77. The molecule has 2 rings (SSSR count). The van der Waals surface area contributed by atoms with Crippen molar-refractivity contribution in [3.63, 3.8) is 0 Å². The number of rotatable bonds is 3. The third kappa shape index (κ3) is 2.60. The summed E-state index contributed by atoms with van der Waals surface area (Å²) in [6.07, 6.45) is 1.47. The lowest BCUT2D eigenvalue weighted by Crippen LogP contribution is -2.11. The summed E-state index contributed by atoms with van der Waals surface area (Å²) in [5, 5.41) is 9.56. The van der Waals surface area contributed by atoms with Gasteiger partial charge in [0.25, 0.3) is 0 Å². The van der Waals surface area contributed by atoms with E-state index in [9.17, 15) is 4.39 Å². The highest BCUT2D eigenvalue weighted by molar-refractivity contribution is 6.31. The van der Waals surface area contributed by atoms with Gasteiger partial charge in [-0.25, -0.2) is 9.37 Å². The van der Waals surface area contributed by atoms with Crippen LogP contribution >= 0.6 is 11.6 Å². The van der Waals surface area contributed by atoms with Gasteiger partial charge in [-0.1, -0.05) is 17.7 Å². The molecule has 0 fully saturated rings. The second kappa shape index (κ2) is 5.33. The molecule has 1 aromatic carbocycles. The van der Waals surface area contributed by atoms with Gasteiger partial charge < -0.3 is 10.0 Å². The lowest BCUT2D eigenvalue weighted by molar-refractivity contribution is 0.282. The Morgan fingerprint density at radius 1 is 1.39 bits per heavy atom. The summed E-state index contributed by atoms with van der Waals surface area (Å²) >= 11 is 5.87. The van der Waals surface area contributed by atoms with Crippen molar-refractivity contribution in [2.45, 2.75) is 6.61 Å². The first-order chi connectivity index (χ1) is 8.61. The van der Waals surface area contributed by atoms with Crippen molar-refractivity contribution in [2.75, 3.05) is 11.9 Å². The molecule has 94 valence electrons. The molecule has 0 aliphatic rings. The molecule has 0 saturated carbocycles. The third-order valence-corrected chi connectivity index (χ3v) is 2.97. The number of anilines is 2. The van der Waals surface area contributed by atoms with Crippen LogP contribution in [0.4, 0.5) is 15.9 Å². The maximum atomic E-state index is 13.1. The van der Waals surface area contributed by atoms with Gasteiger partial charge in [-0.05, 0) is 24.3 Å². The van der Waals surface area contributed by atoms with E-state index in [1.807, 2.05) is 0 Å². The molecular formula is C13H12ClFN2O. The van der Waals surface area contributed by atoms with Crippen LogP contribution in [0.3, 0.4) is 0 Å². The van der Waals surface area contributed by atoms with Crippen molar-refractivity contribution in [1.29, 1.82) is 0 Å². The van der Waals surface area contributed by atoms with Gasteiger partial charge in [0, 0.05) is 24.5 Å². The van der Waals surface area contributed by atoms with Gasteiger partial charge >= 0.3 is 0 Å². The zero-order chi connectivity index (χ0) is 13.1. The van der Waals surface area contributed by atoms with E-state index in [0.717, 1.165) is 0 Å². The van der Waals surface area contributed by atoms with Crippen LogP contribution < -0.4 is 4.90 Å². The fraction of sp³-hybridized carbons (Fsp3) is 0.154. The number of nitrogens with zero attached hydrogens (tertiary/aromatic N) is 2. The van der Waals surface area contributed by atoms with Crippen LogP contribution in [0.25, 0.3) is 0 Å². The summed E-state index contributed by atoms with van der Waals surface area (Å²) in [7, 11) is 1.77. The number of hydrogen-bond donors (Lipinski definition) is 1. The Bertz CT molecular complexity index is 562. The Hall–Kier alpha value is -1.65. The summed E-state index contributed by atoms with van der Waals surface area (Å²) in [6.45, 7) is -0.161. The molecule has 2 aromatic rings. The predicted octanol–water partition coefficient (Wildman–Crippen LogP) is 3.13. The quantitative estimate of drug-likeness (QED) is 0.927. The first kappa shape index (κ1) is 12.8. The first-order valence-corrected chi connectivity index (χ1v) is 5.74. The average molecular weight is 267 g/mol. The van der Waals surface area contributed by atoms with E-state index >= 15 is 0 Å². The molecule has 0 unspecified atom stereocenters. The Kier molecular flexibility index (Phi) is 3.79. The standard InChI is InChI=1S/C13H12ClFN2O/c1-17(11-4-2-3-10(15)6-11)13-5-9(8-18)12(14)7-16-13/h2-7,18H,8H2,1H3. The van der Waals surface area contributed by atoms with Crippen molar-refractivity contribution in [3.05, 3.63) is 52.9 Å². The molecule has 0 amide bonds. The fourth-order valence-electron chi connectivity index (χ4n) is 1.59. The lowest BCUT2D eigenvalue weighted by atomic mass is 10.2. The Balaban J connectivity index is 2.36. The molecule has 18 heavy (non-hydrogen) atoms. The summed E-state index contributed by atoms with van der Waals surface area (Å²) < 4.78 is 13.1. The maximum absolute atomic E-state index is 13.1. The maximum Gasteiger partial charge on any atom is 0.133 e. The number of pyridine rings is 1. The van der Waals surface area contributed by atoms with E-state index in [-0.39, 0.29) is 12.4 Å². The first-order valence-electron chi connectivity index (χ1n) is 5.36. The van der Waals surface area contributed by atoms with E-state index in [2.05, 4.69) is 4.98 Å². The van der Waals surface area contributed by atoms with Gasteiger partial charge in [-0.3, -0.25) is 0 Å². The number of aliphatic hydroxyl groups is 1.